The van der Waals surface area contributed by atoms with Crippen molar-refractivity contribution in [2.24, 2.45) is 5.11 Å². The fourth-order valence-electron chi connectivity index (χ4n) is 10.0. The number of carbonyl (C=O) groups is 4. The third-order valence-electron chi connectivity index (χ3n) is 13.4. The summed E-state index contributed by atoms with van der Waals surface area (Å²) in [6, 6.07) is 34.4. The molecule has 22 nitrogen and oxygen atoms in total. The molecular formula is C54H59ClN4O18. The van der Waals surface area contributed by atoms with Crippen LogP contribution in [-0.4, -0.2) is 154 Å². The average Bonchev–Trinajstić information content (AvgIpc) is 3.79. The molecule has 16 atom stereocenters. The Morgan fingerprint density at radius 3 is 1.81 bits per heavy atom. The van der Waals surface area contributed by atoms with Crippen LogP contribution >= 0.6 is 11.6 Å². The molecule has 4 aromatic carbocycles. The summed E-state index contributed by atoms with van der Waals surface area (Å²) < 4.78 is 88.9. The van der Waals surface area contributed by atoms with Crippen LogP contribution in [0.1, 0.15) is 42.4 Å². The largest absolute Gasteiger partial charge is 0.455 e. The van der Waals surface area contributed by atoms with Crippen LogP contribution in [0.15, 0.2) is 126 Å². The minimum atomic E-state index is -1.66. The quantitative estimate of drug-likeness (QED) is 0.0225. The molecule has 5 fully saturated rings. The third-order valence-corrected chi connectivity index (χ3v) is 13.6. The zero-order chi connectivity index (χ0) is 53.8. The van der Waals surface area contributed by atoms with Crippen LogP contribution in [0.25, 0.3) is 10.4 Å². The molecule has 0 aromatic heterocycles. The van der Waals surface area contributed by atoms with Crippen LogP contribution in [0, 0.1) is 0 Å². The van der Waals surface area contributed by atoms with Crippen LogP contribution in [0.3, 0.4) is 0 Å². The molecule has 1 amide bonds. The van der Waals surface area contributed by atoms with Gasteiger partial charge in [0.05, 0.1) is 33.0 Å². The number of azide groups is 1. The number of rotatable bonds is 21. The van der Waals surface area contributed by atoms with Crippen LogP contribution in [0.2, 0.25) is 0 Å². The van der Waals surface area contributed by atoms with Crippen LogP contribution < -0.4 is 0 Å². The molecule has 9 rings (SSSR count). The molecule has 77 heavy (non-hydrogen) atoms. The number of carbonyl (C=O) groups excluding carboxylic acids is 4. The Labute approximate surface area is 448 Å². The smallest absolute Gasteiger partial charge is 0.411 e. The lowest BCUT2D eigenvalue weighted by atomic mass is 9.93. The van der Waals surface area contributed by atoms with E-state index < -0.39 is 128 Å². The number of hydrogen-bond donors (Lipinski definition) is 0. The zero-order valence-electron chi connectivity index (χ0n) is 42.2. The number of benzene rings is 4. The lowest BCUT2D eigenvalue weighted by Crippen LogP contribution is -2.68. The molecule has 0 bridgehead atoms. The molecule has 5 aliphatic rings. The third kappa shape index (κ3) is 13.5. The summed E-state index contributed by atoms with van der Waals surface area (Å²) in [4.78, 5) is 58.6. The first-order valence-electron chi connectivity index (χ1n) is 25.0. The molecule has 5 saturated heterocycles. The standard InChI is InChI=1S/C54H59ClN4O18/c1-31(60)68-48-45(75-52-42-47(77-54(63)59(42)25-33-16-8-4-9-17-33)44(73-40(62)24-55)37(71-52)28-65-26-34-18-10-5-11-19-34)38(29-66-27-35-20-12-6-13-21-35)72-53(49(48)69-32(2)61)76-46-41(57-58-56)51(64-3)70-39-30-67-50(74-43(39)46)36-22-14-7-15-23-36/h4-23,37-39,41-53H,24-30H2,1-3H3/t37-,38-,39-,41-,42-,43+,44-,45+,46-,47-,48+,49-,50+,51+,52-,53+/m1/s1. The van der Waals surface area contributed by atoms with Crippen molar-refractivity contribution in [2.75, 3.05) is 32.8 Å². The van der Waals surface area contributed by atoms with Gasteiger partial charge >= 0.3 is 24.0 Å². The minimum absolute atomic E-state index is 0.00491. The van der Waals surface area contributed by atoms with Gasteiger partial charge in [0, 0.05) is 38.0 Å². The van der Waals surface area contributed by atoms with Crippen molar-refractivity contribution in [3.63, 3.8) is 0 Å². The van der Waals surface area contributed by atoms with Crippen LogP contribution in [-0.2, 0) is 100 Å². The molecule has 4 aromatic rings. The zero-order valence-corrected chi connectivity index (χ0v) is 43.0. The molecule has 23 heteroatoms. The van der Waals surface area contributed by atoms with Gasteiger partial charge in [-0.15, -0.1) is 11.6 Å². The molecular weight excluding hydrogens is 1030 g/mol. The van der Waals surface area contributed by atoms with Crippen molar-refractivity contribution in [1.29, 1.82) is 0 Å². The molecule has 0 radical (unpaired) electrons. The van der Waals surface area contributed by atoms with Crippen molar-refractivity contribution >= 4 is 35.6 Å². The number of ether oxygens (including phenoxy) is 14. The molecule has 0 unspecified atom stereocenters. The highest BCUT2D eigenvalue weighted by atomic mass is 35.5. The van der Waals surface area contributed by atoms with Gasteiger partial charge in [-0.1, -0.05) is 126 Å². The van der Waals surface area contributed by atoms with E-state index >= 15 is 0 Å². The van der Waals surface area contributed by atoms with Crippen LogP contribution in [0.4, 0.5) is 4.79 Å². The fraction of sp³-hybridized carbons (Fsp3) is 0.481. The second-order valence-corrected chi connectivity index (χ2v) is 18.9. The first-order chi connectivity index (χ1) is 37.5. The number of halogens is 1. The number of nitrogens with zero attached hydrogens (tertiary/aromatic N) is 4. The summed E-state index contributed by atoms with van der Waals surface area (Å²) in [7, 11) is 1.36. The molecule has 5 heterocycles. The van der Waals surface area contributed by atoms with E-state index in [0.29, 0.717) is 11.1 Å². The first kappa shape index (κ1) is 55.5. The monoisotopic (exact) mass is 1090 g/mol. The van der Waals surface area contributed by atoms with E-state index in [1.54, 1.807) is 0 Å². The first-order valence-corrected chi connectivity index (χ1v) is 25.6. The Morgan fingerprint density at radius 2 is 1.22 bits per heavy atom. The highest BCUT2D eigenvalue weighted by Crippen LogP contribution is 2.42. The van der Waals surface area contributed by atoms with Gasteiger partial charge < -0.3 is 66.3 Å². The Kier molecular flexibility index (Phi) is 19.0. The maximum atomic E-state index is 14.2. The van der Waals surface area contributed by atoms with Crippen molar-refractivity contribution in [2.45, 2.75) is 132 Å². The SMILES string of the molecule is CO[C@H]1O[C@@H]2CO[C@H](c3ccccc3)O[C@@H]2[C@H](O[C@@H]2O[C@H](COCc3ccccc3)[C@H](O[C@H]3O[C@H](COCc4ccccc4)[C@@H](OC(=O)CCl)[C@@H]4OC(=O)N(Cc5ccccc5)[C@@H]34)[C@H](OC(C)=O)[C@H]2OC(C)=O)[C@H]1N=[N+]=[N-]. The van der Waals surface area contributed by atoms with E-state index in [4.69, 9.17) is 77.9 Å². The maximum absolute atomic E-state index is 14.2. The predicted octanol–water partition coefficient (Wildman–Crippen LogP) is 6.21. The van der Waals surface area contributed by atoms with Crippen LogP contribution in [0.5, 0.6) is 0 Å². The number of amides is 1. The van der Waals surface area contributed by atoms with Crippen molar-refractivity contribution in [1.82, 2.24) is 4.90 Å². The molecule has 0 N–H and O–H groups in total. The van der Waals surface area contributed by atoms with E-state index in [2.05, 4.69) is 10.0 Å². The number of alkyl halides is 1. The van der Waals surface area contributed by atoms with Gasteiger partial charge in [0.15, 0.2) is 49.6 Å². The molecule has 0 saturated carbocycles. The highest BCUT2D eigenvalue weighted by Gasteiger charge is 2.62. The summed E-state index contributed by atoms with van der Waals surface area (Å²) in [6.45, 7) is 1.99. The summed E-state index contributed by atoms with van der Waals surface area (Å²) in [5, 5.41) is 4.05. The Morgan fingerprint density at radius 1 is 0.662 bits per heavy atom. The van der Waals surface area contributed by atoms with Gasteiger partial charge in [0.1, 0.15) is 54.6 Å². The topological polar surface area (TPSA) is 250 Å². The molecule has 0 spiro atoms. The summed E-state index contributed by atoms with van der Waals surface area (Å²) in [6.07, 6.45) is -18.9. The van der Waals surface area contributed by atoms with Gasteiger partial charge in [0.2, 0.25) is 0 Å². The summed E-state index contributed by atoms with van der Waals surface area (Å²) in [5.41, 5.74) is 13.0. The Hall–Kier alpha value is -6.24. The van der Waals surface area contributed by atoms with E-state index in [0.717, 1.165) is 25.0 Å². The van der Waals surface area contributed by atoms with E-state index in [-0.39, 0.29) is 39.6 Å². The second-order valence-electron chi connectivity index (χ2n) is 18.6. The minimum Gasteiger partial charge on any atom is -0.455 e. The lowest BCUT2D eigenvalue weighted by Gasteiger charge is -2.51. The normalized spacial score (nSPS) is 31.6. The van der Waals surface area contributed by atoms with E-state index in [9.17, 15) is 24.7 Å². The van der Waals surface area contributed by atoms with E-state index in [1.807, 2.05) is 121 Å². The molecule has 410 valence electrons. The van der Waals surface area contributed by atoms with Crippen molar-refractivity contribution in [3.05, 3.63) is 154 Å². The van der Waals surface area contributed by atoms with Crippen molar-refractivity contribution in [3.8, 4) is 0 Å². The fourth-order valence-corrected chi connectivity index (χ4v) is 10.1. The Bertz CT molecular complexity index is 2630. The van der Waals surface area contributed by atoms with Gasteiger partial charge in [-0.25, -0.2) is 4.79 Å². The molecule has 0 aliphatic carbocycles. The highest BCUT2D eigenvalue weighted by molar-refractivity contribution is 6.26. The summed E-state index contributed by atoms with van der Waals surface area (Å²) in [5.74, 6) is -3.01. The maximum Gasteiger partial charge on any atom is 0.411 e. The van der Waals surface area contributed by atoms with Gasteiger partial charge in [-0.05, 0) is 22.2 Å². The number of methoxy groups -OCH3 is 1. The van der Waals surface area contributed by atoms with Crippen molar-refractivity contribution < 1.29 is 85.5 Å². The predicted molar refractivity (Wildman–Crippen MR) is 266 cm³/mol. The number of hydrogen-bond acceptors (Lipinski definition) is 19. The average molecular weight is 1090 g/mol. The van der Waals surface area contributed by atoms with Gasteiger partial charge in [-0.3, -0.25) is 19.3 Å². The van der Waals surface area contributed by atoms with Gasteiger partial charge in [-0.2, -0.15) is 0 Å². The second kappa shape index (κ2) is 26.4. The molecule has 5 aliphatic heterocycles. The number of esters is 3. The summed E-state index contributed by atoms with van der Waals surface area (Å²) >= 11 is 6.00. The van der Waals surface area contributed by atoms with Gasteiger partial charge in [0.25, 0.3) is 0 Å². The number of fused-ring (bicyclic) bond motifs is 2. The Balaban J connectivity index is 1.11. The van der Waals surface area contributed by atoms with E-state index in [1.165, 1.54) is 12.0 Å². The lowest BCUT2D eigenvalue weighted by molar-refractivity contribution is -0.384.